The monoisotopic (exact) mass is 462 g/mol. The highest BCUT2D eigenvalue weighted by Gasteiger charge is 2.75. The Morgan fingerprint density at radius 3 is 2.48 bits per heavy atom. The molecule has 4 amide bonds. The molecule has 1 aromatic carbocycles. The Balaban J connectivity index is 1.76. The number of carbonyl (C=O) groups is 4. The number of aryl methyl sites for hydroxylation is 1. The van der Waals surface area contributed by atoms with Gasteiger partial charge in [0.05, 0.1) is 11.8 Å². The number of fused-ring (bicyclic) bond motifs is 4. The summed E-state index contributed by atoms with van der Waals surface area (Å²) >= 11 is 14.0. The molecule has 2 heterocycles. The SMILES string of the molecule is Cc1cc(C2C3=CCC4C(=O)NC(=O)C4C3CC3(Cl)C(=O)N(C)C(=O)C23Cl)ccc1O. The summed E-state index contributed by atoms with van der Waals surface area (Å²) in [7, 11) is 1.35. The van der Waals surface area contributed by atoms with Gasteiger partial charge in [-0.1, -0.05) is 23.8 Å². The first-order valence-electron chi connectivity index (χ1n) is 10.1. The number of carbonyl (C=O) groups excluding carboxylic acids is 4. The molecule has 5 rings (SSSR count). The number of imide groups is 2. The Morgan fingerprint density at radius 2 is 1.81 bits per heavy atom. The van der Waals surface area contributed by atoms with Crippen LogP contribution in [0, 0.1) is 24.7 Å². The maximum Gasteiger partial charge on any atom is 0.253 e. The Hall–Kier alpha value is -2.38. The lowest BCUT2D eigenvalue weighted by Crippen LogP contribution is -2.60. The van der Waals surface area contributed by atoms with Crippen molar-refractivity contribution in [3.8, 4) is 5.75 Å². The first kappa shape index (κ1) is 20.5. The number of nitrogens with one attached hydrogen (secondary N) is 1. The van der Waals surface area contributed by atoms with Crippen molar-refractivity contribution in [2.45, 2.75) is 35.4 Å². The molecule has 0 aromatic heterocycles. The standard InChI is InChI=1S/C22H20Cl2N2O5/c1-9-7-10(3-6-14(9)27)16-11-4-5-12-15(18(29)25-17(12)28)13(11)8-21(23)19(30)26(2)20(31)22(16,21)24/h3-4,6-7,12-13,15-16,27H,5,8H2,1-2H3,(H,25,28,29). The Morgan fingerprint density at radius 1 is 1.10 bits per heavy atom. The Bertz CT molecular complexity index is 1120. The first-order valence-corrected chi connectivity index (χ1v) is 10.8. The maximum absolute atomic E-state index is 13.3. The summed E-state index contributed by atoms with van der Waals surface area (Å²) < 4.78 is 0. The van der Waals surface area contributed by atoms with Crippen LogP contribution in [-0.4, -0.2) is 50.4 Å². The van der Waals surface area contributed by atoms with Crippen LogP contribution in [0.3, 0.4) is 0 Å². The number of alkyl halides is 2. The van der Waals surface area contributed by atoms with Gasteiger partial charge < -0.3 is 5.11 Å². The molecule has 2 saturated heterocycles. The molecule has 1 saturated carbocycles. The summed E-state index contributed by atoms with van der Waals surface area (Å²) in [5.74, 6) is -4.36. The van der Waals surface area contributed by atoms with Gasteiger partial charge in [0.15, 0.2) is 9.75 Å². The van der Waals surface area contributed by atoms with E-state index in [0.717, 1.165) is 10.5 Å². The summed E-state index contributed by atoms with van der Waals surface area (Å²) in [6, 6.07) is 4.87. The van der Waals surface area contributed by atoms with Crippen molar-refractivity contribution in [1.82, 2.24) is 10.2 Å². The molecule has 1 aromatic rings. The van der Waals surface area contributed by atoms with Crippen molar-refractivity contribution in [1.29, 1.82) is 0 Å². The second kappa shape index (κ2) is 6.33. The fourth-order valence-corrected chi connectivity index (χ4v) is 6.91. The number of likely N-dealkylation sites (tertiary alicyclic amines) is 1. The highest BCUT2D eigenvalue weighted by Crippen LogP contribution is 2.64. The van der Waals surface area contributed by atoms with Gasteiger partial charge in [-0.25, -0.2) is 0 Å². The molecule has 162 valence electrons. The minimum atomic E-state index is -1.79. The number of phenolic OH excluding ortho intramolecular Hbond substituents is 1. The van der Waals surface area contributed by atoms with Crippen LogP contribution >= 0.6 is 23.2 Å². The Kier molecular flexibility index (Phi) is 4.19. The zero-order valence-corrected chi connectivity index (χ0v) is 18.3. The quantitative estimate of drug-likeness (QED) is 0.377. The third-order valence-electron chi connectivity index (χ3n) is 7.41. The predicted molar refractivity (Wildman–Crippen MR) is 111 cm³/mol. The van der Waals surface area contributed by atoms with Gasteiger partial charge in [-0.2, -0.15) is 0 Å². The average molecular weight is 463 g/mol. The highest BCUT2D eigenvalue weighted by molar-refractivity contribution is 6.53. The van der Waals surface area contributed by atoms with E-state index >= 15 is 0 Å². The molecule has 6 atom stereocenters. The summed E-state index contributed by atoms with van der Waals surface area (Å²) in [6.07, 6.45) is 2.18. The summed E-state index contributed by atoms with van der Waals surface area (Å²) in [5.41, 5.74) is 1.93. The second-order valence-electron chi connectivity index (χ2n) is 8.90. The van der Waals surface area contributed by atoms with E-state index in [1.807, 2.05) is 6.08 Å². The number of hydrogen-bond acceptors (Lipinski definition) is 5. The number of benzene rings is 1. The zero-order valence-electron chi connectivity index (χ0n) is 16.8. The molecule has 2 aliphatic carbocycles. The van der Waals surface area contributed by atoms with E-state index in [1.165, 1.54) is 13.1 Å². The minimum Gasteiger partial charge on any atom is -0.508 e. The van der Waals surface area contributed by atoms with Crippen molar-refractivity contribution in [3.05, 3.63) is 41.0 Å². The van der Waals surface area contributed by atoms with Gasteiger partial charge in [0.2, 0.25) is 11.8 Å². The number of aromatic hydroxyl groups is 1. The van der Waals surface area contributed by atoms with E-state index in [4.69, 9.17) is 23.2 Å². The molecular formula is C22H20Cl2N2O5. The summed E-state index contributed by atoms with van der Waals surface area (Å²) in [5, 5.41) is 12.4. The van der Waals surface area contributed by atoms with Gasteiger partial charge in [0.25, 0.3) is 11.8 Å². The van der Waals surface area contributed by atoms with E-state index in [-0.39, 0.29) is 18.1 Å². The molecule has 0 bridgehead atoms. The van der Waals surface area contributed by atoms with Crippen LogP contribution in [0.25, 0.3) is 0 Å². The number of nitrogens with zero attached hydrogens (tertiary/aromatic N) is 1. The average Bonchev–Trinajstić information content (AvgIpc) is 3.08. The molecule has 31 heavy (non-hydrogen) atoms. The number of halogens is 2. The fourth-order valence-electron chi connectivity index (χ4n) is 5.89. The molecule has 2 aliphatic heterocycles. The number of rotatable bonds is 1. The molecule has 0 spiro atoms. The van der Waals surface area contributed by atoms with Crippen molar-refractivity contribution >= 4 is 46.8 Å². The number of allylic oxidation sites excluding steroid dienone is 2. The van der Waals surface area contributed by atoms with Crippen LogP contribution in [-0.2, 0) is 19.2 Å². The number of amides is 4. The molecular weight excluding hydrogens is 443 g/mol. The molecule has 0 radical (unpaired) electrons. The molecule has 7 nitrogen and oxygen atoms in total. The topological polar surface area (TPSA) is 104 Å². The van der Waals surface area contributed by atoms with Crippen LogP contribution in [0.2, 0.25) is 0 Å². The van der Waals surface area contributed by atoms with Crippen LogP contribution in [0.15, 0.2) is 29.8 Å². The number of hydrogen-bond donors (Lipinski definition) is 2. The van der Waals surface area contributed by atoms with E-state index in [2.05, 4.69) is 5.32 Å². The predicted octanol–water partition coefficient (Wildman–Crippen LogP) is 1.98. The maximum atomic E-state index is 13.3. The lowest BCUT2D eigenvalue weighted by atomic mass is 9.56. The largest absolute Gasteiger partial charge is 0.508 e. The lowest BCUT2D eigenvalue weighted by molar-refractivity contribution is -0.138. The van der Waals surface area contributed by atoms with Gasteiger partial charge in [0.1, 0.15) is 5.75 Å². The number of phenols is 1. The molecule has 4 aliphatic rings. The fraction of sp³-hybridized carbons (Fsp3) is 0.455. The van der Waals surface area contributed by atoms with Crippen LogP contribution in [0.5, 0.6) is 5.75 Å². The van der Waals surface area contributed by atoms with Crippen molar-refractivity contribution in [2.75, 3.05) is 7.05 Å². The van der Waals surface area contributed by atoms with Crippen molar-refractivity contribution in [2.24, 2.45) is 17.8 Å². The second-order valence-corrected chi connectivity index (χ2v) is 10.1. The Labute approximate surface area is 188 Å². The van der Waals surface area contributed by atoms with Gasteiger partial charge in [-0.15, -0.1) is 23.2 Å². The first-order chi connectivity index (χ1) is 14.5. The summed E-state index contributed by atoms with van der Waals surface area (Å²) in [4.78, 5) is 48.8. The third kappa shape index (κ3) is 2.36. The zero-order chi connectivity index (χ0) is 22.5. The third-order valence-corrected chi connectivity index (χ3v) is 8.82. The minimum absolute atomic E-state index is 0.0196. The van der Waals surface area contributed by atoms with Crippen LogP contribution in [0.4, 0.5) is 0 Å². The van der Waals surface area contributed by atoms with Gasteiger partial charge in [0, 0.05) is 13.0 Å². The van der Waals surface area contributed by atoms with E-state index < -0.39 is 51.1 Å². The van der Waals surface area contributed by atoms with E-state index in [1.54, 1.807) is 19.1 Å². The molecule has 2 N–H and O–H groups in total. The van der Waals surface area contributed by atoms with E-state index in [0.29, 0.717) is 17.5 Å². The normalized spacial score (nSPS) is 39.1. The van der Waals surface area contributed by atoms with Gasteiger partial charge >= 0.3 is 0 Å². The lowest BCUT2D eigenvalue weighted by Gasteiger charge is -2.50. The highest BCUT2D eigenvalue weighted by atomic mass is 35.5. The van der Waals surface area contributed by atoms with Crippen LogP contribution < -0.4 is 5.32 Å². The van der Waals surface area contributed by atoms with Crippen LogP contribution in [0.1, 0.15) is 29.9 Å². The van der Waals surface area contributed by atoms with Gasteiger partial charge in [-0.05, 0) is 42.9 Å². The van der Waals surface area contributed by atoms with Crippen molar-refractivity contribution < 1.29 is 24.3 Å². The smallest absolute Gasteiger partial charge is 0.253 e. The molecule has 3 fully saturated rings. The molecule has 9 heteroatoms. The van der Waals surface area contributed by atoms with Crippen molar-refractivity contribution in [3.63, 3.8) is 0 Å². The summed E-state index contributed by atoms with van der Waals surface area (Å²) in [6.45, 7) is 1.72. The van der Waals surface area contributed by atoms with Gasteiger partial charge in [-0.3, -0.25) is 29.4 Å². The van der Waals surface area contributed by atoms with E-state index in [9.17, 15) is 24.3 Å². The molecule has 6 unspecified atom stereocenters.